The van der Waals surface area contributed by atoms with Gasteiger partial charge in [0.1, 0.15) is 0 Å². The highest BCUT2D eigenvalue weighted by Crippen LogP contribution is 2.29. The molecular formula is C10H23N2Si-. The summed E-state index contributed by atoms with van der Waals surface area (Å²) in [7, 11) is -1.45. The van der Waals surface area contributed by atoms with Gasteiger partial charge in [-0.25, -0.2) is 0 Å². The van der Waals surface area contributed by atoms with Crippen molar-refractivity contribution >= 4 is 8.40 Å². The van der Waals surface area contributed by atoms with Crippen LogP contribution in [-0.2, 0) is 0 Å². The van der Waals surface area contributed by atoms with Crippen LogP contribution >= 0.6 is 0 Å². The Morgan fingerprint density at radius 1 is 1.08 bits per heavy atom. The fraction of sp³-hybridized carbons (Fsp3) is 1.00. The van der Waals surface area contributed by atoms with E-state index in [1.807, 2.05) is 0 Å². The molecule has 3 heteroatoms. The summed E-state index contributed by atoms with van der Waals surface area (Å²) in [6.07, 6.45) is 2.74. The highest BCUT2D eigenvalue weighted by Gasteiger charge is 2.24. The fourth-order valence-electron chi connectivity index (χ4n) is 2.16. The Bertz CT molecular complexity index is 166. The van der Waals surface area contributed by atoms with Gasteiger partial charge >= 0.3 is 0 Å². The van der Waals surface area contributed by atoms with Crippen molar-refractivity contribution in [2.75, 3.05) is 13.1 Å². The molecule has 2 nitrogen and oxygen atoms in total. The number of hydrogen-bond donors (Lipinski definition) is 0. The summed E-state index contributed by atoms with van der Waals surface area (Å²) >= 11 is 0. The minimum atomic E-state index is -1.45. The number of rotatable bonds is 2. The van der Waals surface area contributed by atoms with Crippen molar-refractivity contribution in [2.45, 2.75) is 52.2 Å². The maximum Gasteiger partial charge on any atom is 0.0102 e. The molecule has 1 aliphatic rings. The Hall–Kier alpha value is 0.137. The summed E-state index contributed by atoms with van der Waals surface area (Å²) in [4.78, 5) is 4.99. The van der Waals surface area contributed by atoms with Gasteiger partial charge in [0.05, 0.1) is 0 Å². The Balaban J connectivity index is 2.53. The van der Waals surface area contributed by atoms with Gasteiger partial charge in [0.15, 0.2) is 0 Å². The van der Waals surface area contributed by atoms with E-state index in [0.717, 1.165) is 0 Å². The SMILES string of the molecule is CC(C)(C)[N-][Si](C)(C)N1CCCC1. The Labute approximate surface area is 83.9 Å². The molecule has 0 atom stereocenters. The molecule has 0 aromatic heterocycles. The third kappa shape index (κ3) is 3.41. The Morgan fingerprint density at radius 3 is 1.92 bits per heavy atom. The van der Waals surface area contributed by atoms with E-state index < -0.39 is 8.40 Å². The van der Waals surface area contributed by atoms with Gasteiger partial charge in [0.25, 0.3) is 0 Å². The van der Waals surface area contributed by atoms with E-state index in [9.17, 15) is 0 Å². The van der Waals surface area contributed by atoms with Gasteiger partial charge in [-0.2, -0.15) is 0 Å². The normalized spacial score (nSPS) is 21.0. The van der Waals surface area contributed by atoms with Crippen molar-refractivity contribution in [3.05, 3.63) is 4.98 Å². The predicted octanol–water partition coefficient (Wildman–Crippen LogP) is 2.96. The molecule has 1 aliphatic heterocycles. The van der Waals surface area contributed by atoms with E-state index in [-0.39, 0.29) is 5.54 Å². The van der Waals surface area contributed by atoms with Crippen LogP contribution in [0.3, 0.4) is 0 Å². The van der Waals surface area contributed by atoms with E-state index in [1.165, 1.54) is 25.9 Å². The number of nitrogens with zero attached hydrogens (tertiary/aromatic N) is 2. The van der Waals surface area contributed by atoms with Crippen LogP contribution in [0.1, 0.15) is 33.6 Å². The molecule has 1 fully saturated rings. The molecule has 0 N–H and O–H groups in total. The molecule has 0 radical (unpaired) electrons. The third-order valence-electron chi connectivity index (χ3n) is 2.49. The molecule has 0 unspecified atom stereocenters. The quantitative estimate of drug-likeness (QED) is 0.625. The van der Waals surface area contributed by atoms with E-state index >= 15 is 0 Å². The Kier molecular flexibility index (Phi) is 3.20. The summed E-state index contributed by atoms with van der Waals surface area (Å²) in [6, 6.07) is 0. The van der Waals surface area contributed by atoms with E-state index in [4.69, 9.17) is 4.98 Å². The molecule has 1 rings (SSSR count). The fourth-order valence-corrected chi connectivity index (χ4v) is 5.35. The monoisotopic (exact) mass is 199 g/mol. The lowest BCUT2D eigenvalue weighted by molar-refractivity contribution is 0.515. The second kappa shape index (κ2) is 3.71. The molecule has 13 heavy (non-hydrogen) atoms. The maximum atomic E-state index is 4.99. The first-order chi connectivity index (χ1) is 5.81. The second-order valence-electron chi connectivity index (χ2n) is 5.47. The van der Waals surface area contributed by atoms with Crippen LogP contribution in [-0.4, -0.2) is 31.6 Å². The van der Waals surface area contributed by atoms with E-state index in [0.29, 0.717) is 0 Å². The minimum Gasteiger partial charge on any atom is -0.647 e. The standard InChI is InChI=1S/C10H23N2Si/c1-10(2,3)11-13(4,5)12-8-6-7-9-12/h6-9H2,1-5H3/q-1. The summed E-state index contributed by atoms with van der Waals surface area (Å²) in [5.74, 6) is 0. The van der Waals surface area contributed by atoms with Crippen molar-refractivity contribution in [3.63, 3.8) is 0 Å². The highest BCUT2D eigenvalue weighted by molar-refractivity contribution is 6.79. The van der Waals surface area contributed by atoms with Crippen LogP contribution in [0.2, 0.25) is 13.1 Å². The lowest BCUT2D eigenvalue weighted by Crippen LogP contribution is -2.49. The largest absolute Gasteiger partial charge is 0.647 e. The van der Waals surface area contributed by atoms with Crippen LogP contribution in [0.5, 0.6) is 0 Å². The van der Waals surface area contributed by atoms with Crippen molar-refractivity contribution < 1.29 is 0 Å². The summed E-state index contributed by atoms with van der Waals surface area (Å²) < 4.78 is 2.62. The molecule has 0 bridgehead atoms. The van der Waals surface area contributed by atoms with Crippen LogP contribution in [0.25, 0.3) is 4.98 Å². The van der Waals surface area contributed by atoms with E-state index in [2.05, 4.69) is 38.4 Å². The Morgan fingerprint density at radius 2 is 1.54 bits per heavy atom. The molecule has 1 saturated heterocycles. The van der Waals surface area contributed by atoms with Crippen molar-refractivity contribution in [3.8, 4) is 0 Å². The van der Waals surface area contributed by atoms with Gasteiger partial charge < -0.3 is 9.55 Å². The first-order valence-electron chi connectivity index (χ1n) is 5.30. The van der Waals surface area contributed by atoms with Gasteiger partial charge in [-0.05, 0) is 25.9 Å². The van der Waals surface area contributed by atoms with Crippen LogP contribution < -0.4 is 0 Å². The molecule has 0 saturated carbocycles. The zero-order chi connectivity index (χ0) is 10.1. The van der Waals surface area contributed by atoms with Gasteiger partial charge in [0.2, 0.25) is 0 Å². The molecule has 78 valence electrons. The predicted molar refractivity (Wildman–Crippen MR) is 61.4 cm³/mol. The van der Waals surface area contributed by atoms with Gasteiger partial charge in [-0.3, -0.25) is 0 Å². The van der Waals surface area contributed by atoms with Crippen molar-refractivity contribution in [1.29, 1.82) is 0 Å². The van der Waals surface area contributed by atoms with Crippen LogP contribution in [0.4, 0.5) is 0 Å². The number of hydrogen-bond acceptors (Lipinski definition) is 1. The van der Waals surface area contributed by atoms with Gasteiger partial charge in [-0.15, -0.1) is 5.54 Å². The molecule has 0 spiro atoms. The van der Waals surface area contributed by atoms with Crippen LogP contribution in [0.15, 0.2) is 0 Å². The first kappa shape index (κ1) is 11.2. The van der Waals surface area contributed by atoms with Crippen molar-refractivity contribution in [1.82, 2.24) is 4.57 Å². The molecule has 0 aromatic carbocycles. The highest BCUT2D eigenvalue weighted by atomic mass is 28.3. The molecule has 0 amide bonds. The minimum absolute atomic E-state index is 0.137. The lowest BCUT2D eigenvalue weighted by atomic mass is 10.1. The maximum absolute atomic E-state index is 4.99. The summed E-state index contributed by atoms with van der Waals surface area (Å²) in [5, 5.41) is 0. The topological polar surface area (TPSA) is 17.3 Å². The summed E-state index contributed by atoms with van der Waals surface area (Å²) in [6.45, 7) is 13.9. The smallest absolute Gasteiger partial charge is 0.0102 e. The average Bonchev–Trinajstić information content (AvgIpc) is 2.29. The average molecular weight is 199 g/mol. The molecule has 1 heterocycles. The second-order valence-corrected chi connectivity index (χ2v) is 9.32. The van der Waals surface area contributed by atoms with Crippen LogP contribution in [0, 0.1) is 0 Å². The van der Waals surface area contributed by atoms with Gasteiger partial charge in [-0.1, -0.05) is 33.9 Å². The third-order valence-corrected chi connectivity index (χ3v) is 5.70. The molecule has 0 aliphatic carbocycles. The summed E-state index contributed by atoms with van der Waals surface area (Å²) in [5.41, 5.74) is 0.137. The first-order valence-corrected chi connectivity index (χ1v) is 8.20. The molecular weight excluding hydrogens is 176 g/mol. The zero-order valence-electron chi connectivity index (χ0n) is 9.72. The molecule has 0 aromatic rings. The van der Waals surface area contributed by atoms with Crippen molar-refractivity contribution in [2.24, 2.45) is 0 Å². The van der Waals surface area contributed by atoms with E-state index in [1.54, 1.807) is 0 Å². The lowest BCUT2D eigenvalue weighted by Gasteiger charge is -2.53. The zero-order valence-corrected chi connectivity index (χ0v) is 10.7. The van der Waals surface area contributed by atoms with Gasteiger partial charge in [0, 0.05) is 8.40 Å².